The van der Waals surface area contributed by atoms with Gasteiger partial charge < -0.3 is 20.6 Å². The molecule has 0 aliphatic rings. The van der Waals surface area contributed by atoms with E-state index in [4.69, 9.17) is 5.26 Å². The minimum Gasteiger partial charge on any atom is -0.377 e. The van der Waals surface area contributed by atoms with Crippen LogP contribution in [-0.2, 0) is 0 Å². The minimum atomic E-state index is 0.342. The monoisotopic (exact) mass is 357 g/mol. The van der Waals surface area contributed by atoms with E-state index in [0.717, 1.165) is 44.0 Å². The number of H-pyrrole nitrogens is 2. The van der Waals surface area contributed by atoms with Crippen LogP contribution in [0.1, 0.15) is 16.8 Å². The van der Waals surface area contributed by atoms with Crippen LogP contribution in [0.15, 0.2) is 42.8 Å². The maximum Gasteiger partial charge on any atom is 0.0860 e. The summed E-state index contributed by atoms with van der Waals surface area (Å²) < 4.78 is 0. The largest absolute Gasteiger partial charge is 0.377 e. The molecule has 4 N–H and O–H groups in total. The van der Waals surface area contributed by atoms with Crippen LogP contribution in [0.5, 0.6) is 0 Å². The van der Waals surface area contributed by atoms with E-state index < -0.39 is 0 Å². The van der Waals surface area contributed by atoms with Gasteiger partial charge in [-0.05, 0) is 24.6 Å². The summed E-state index contributed by atoms with van der Waals surface area (Å²) in [6.45, 7) is 11.7. The molecule has 5 nitrogen and oxygen atoms in total. The molecule has 0 amide bonds. The third-order valence-corrected chi connectivity index (χ3v) is 4.55. The number of aromatic amines is 2. The van der Waals surface area contributed by atoms with E-state index in [2.05, 4.69) is 70.7 Å². The number of hydrogen-bond acceptors (Lipinski definition) is 3. The Kier molecular flexibility index (Phi) is 5.63. The van der Waals surface area contributed by atoms with E-state index in [0.29, 0.717) is 19.6 Å². The normalized spacial score (nSPS) is 11.3. The summed E-state index contributed by atoms with van der Waals surface area (Å²) in [7, 11) is 0. The number of fused-ring (bicyclic) bond motifs is 1. The van der Waals surface area contributed by atoms with Crippen LogP contribution in [-0.4, -0.2) is 29.6 Å². The number of rotatable bonds is 7. The second-order valence-corrected chi connectivity index (χ2v) is 6.26. The van der Waals surface area contributed by atoms with Crippen LogP contribution in [0, 0.1) is 18.3 Å². The highest BCUT2D eigenvalue weighted by molar-refractivity contribution is 5.82. The fraction of sp³-hybridized carbons (Fsp3) is 0.182. The van der Waals surface area contributed by atoms with Crippen molar-refractivity contribution in [1.82, 2.24) is 20.6 Å². The van der Waals surface area contributed by atoms with Gasteiger partial charge in [0.1, 0.15) is 0 Å². The number of nitriles is 1. The van der Waals surface area contributed by atoms with Gasteiger partial charge in [0.15, 0.2) is 0 Å². The average molecular weight is 357 g/mol. The number of aromatic nitrogens is 2. The van der Waals surface area contributed by atoms with Gasteiger partial charge in [0, 0.05) is 52.0 Å². The molecule has 3 rings (SSSR count). The van der Waals surface area contributed by atoms with E-state index in [1.165, 1.54) is 0 Å². The zero-order valence-electron chi connectivity index (χ0n) is 15.4. The van der Waals surface area contributed by atoms with E-state index in [9.17, 15) is 0 Å². The molecule has 0 spiro atoms. The van der Waals surface area contributed by atoms with Crippen molar-refractivity contribution in [3.8, 4) is 6.07 Å². The number of nitrogens with zero attached hydrogens (tertiary/aromatic N) is 1. The van der Waals surface area contributed by atoms with Crippen LogP contribution in [0.25, 0.3) is 29.3 Å². The van der Waals surface area contributed by atoms with Crippen molar-refractivity contribution in [3.05, 3.63) is 70.2 Å². The molecule has 0 saturated carbocycles. The second-order valence-electron chi connectivity index (χ2n) is 6.26. The molecule has 0 fully saturated rings. The molecular weight excluding hydrogens is 334 g/mol. The third-order valence-electron chi connectivity index (χ3n) is 4.55. The lowest BCUT2D eigenvalue weighted by Crippen LogP contribution is -2.26. The predicted octanol–water partition coefficient (Wildman–Crippen LogP) is 1.87. The van der Waals surface area contributed by atoms with Gasteiger partial charge in [-0.3, -0.25) is 0 Å². The first-order valence-corrected chi connectivity index (χ1v) is 8.83. The van der Waals surface area contributed by atoms with Crippen molar-refractivity contribution in [1.29, 1.82) is 5.26 Å². The van der Waals surface area contributed by atoms with Crippen molar-refractivity contribution in [3.63, 3.8) is 0 Å². The van der Waals surface area contributed by atoms with E-state index in [1.807, 2.05) is 18.3 Å². The Hall–Kier alpha value is -3.45. The van der Waals surface area contributed by atoms with Gasteiger partial charge in [-0.2, -0.15) is 5.26 Å². The highest BCUT2D eigenvalue weighted by Gasteiger charge is 2.10. The molecule has 0 bridgehead atoms. The first-order valence-electron chi connectivity index (χ1n) is 8.83. The standard InChI is InChI=1S/C22H23N5/c1-4-20(25-12-11-24-10-9-23)19-14-26-22(15(19)2)13-18-16(3)27-21-8-6-5-7-17(18)21/h5-8,13-14,24-27H,1,3,10-12H2,2H3/b18-13+. The lowest BCUT2D eigenvalue weighted by atomic mass is 10.1. The fourth-order valence-electron chi connectivity index (χ4n) is 3.12. The topological polar surface area (TPSA) is 79.4 Å². The van der Waals surface area contributed by atoms with E-state index in [-0.39, 0.29) is 0 Å². The molecule has 0 unspecified atom stereocenters. The molecule has 136 valence electrons. The van der Waals surface area contributed by atoms with Crippen molar-refractivity contribution >= 4 is 29.3 Å². The van der Waals surface area contributed by atoms with Crippen molar-refractivity contribution < 1.29 is 0 Å². The van der Waals surface area contributed by atoms with Crippen LogP contribution in [0.4, 0.5) is 0 Å². The SMILES string of the molecule is C=C=C(NCCNCC#N)c1c[nH]c(/C=c2\c(=C)[nH]c3ccccc23)c1C. The first kappa shape index (κ1) is 18.3. The molecule has 0 saturated heterocycles. The predicted molar refractivity (Wildman–Crippen MR) is 111 cm³/mol. The number of hydrogen-bond donors (Lipinski definition) is 4. The average Bonchev–Trinajstić information content (AvgIpc) is 3.19. The molecule has 0 radical (unpaired) electrons. The summed E-state index contributed by atoms with van der Waals surface area (Å²) in [5.41, 5.74) is 8.07. The zero-order valence-corrected chi connectivity index (χ0v) is 15.4. The summed E-state index contributed by atoms with van der Waals surface area (Å²) in [6.07, 6.45) is 4.08. The Morgan fingerprint density at radius 2 is 2.11 bits per heavy atom. The van der Waals surface area contributed by atoms with E-state index in [1.54, 1.807) is 0 Å². The van der Waals surface area contributed by atoms with Crippen molar-refractivity contribution in [2.45, 2.75) is 6.92 Å². The maximum atomic E-state index is 8.55. The fourth-order valence-corrected chi connectivity index (χ4v) is 3.12. The van der Waals surface area contributed by atoms with Gasteiger partial charge in [0.25, 0.3) is 0 Å². The van der Waals surface area contributed by atoms with Gasteiger partial charge in [-0.1, -0.05) is 31.4 Å². The van der Waals surface area contributed by atoms with Crippen LogP contribution < -0.4 is 21.2 Å². The summed E-state index contributed by atoms with van der Waals surface area (Å²) >= 11 is 0. The number of para-hydroxylation sites is 1. The maximum absolute atomic E-state index is 8.55. The van der Waals surface area contributed by atoms with Crippen molar-refractivity contribution in [2.75, 3.05) is 19.6 Å². The van der Waals surface area contributed by atoms with Crippen LogP contribution in [0.2, 0.25) is 0 Å². The Bertz CT molecular complexity index is 1150. The lowest BCUT2D eigenvalue weighted by Gasteiger charge is -2.08. The van der Waals surface area contributed by atoms with Crippen molar-refractivity contribution in [2.24, 2.45) is 0 Å². The lowest BCUT2D eigenvalue weighted by molar-refractivity contribution is 0.718. The molecule has 5 heteroatoms. The third kappa shape index (κ3) is 3.88. The molecule has 0 aliphatic carbocycles. The summed E-state index contributed by atoms with van der Waals surface area (Å²) in [6, 6.07) is 10.3. The van der Waals surface area contributed by atoms with Gasteiger partial charge in [0.05, 0.1) is 18.3 Å². The molecule has 1 aromatic carbocycles. The number of nitrogens with one attached hydrogen (secondary N) is 4. The highest BCUT2D eigenvalue weighted by atomic mass is 14.9. The molecule has 0 atom stereocenters. The molecule has 27 heavy (non-hydrogen) atoms. The minimum absolute atomic E-state index is 0.342. The molecule has 2 heterocycles. The molecule has 3 aromatic rings. The van der Waals surface area contributed by atoms with Gasteiger partial charge in [-0.15, -0.1) is 5.73 Å². The molecule has 2 aromatic heterocycles. The van der Waals surface area contributed by atoms with Gasteiger partial charge in [0.2, 0.25) is 0 Å². The summed E-state index contributed by atoms with van der Waals surface area (Å²) in [5, 5.41) is 18.0. The Morgan fingerprint density at radius 1 is 1.30 bits per heavy atom. The Labute approximate surface area is 158 Å². The van der Waals surface area contributed by atoms with E-state index >= 15 is 0 Å². The van der Waals surface area contributed by atoms with Crippen LogP contribution in [0.3, 0.4) is 0 Å². The number of benzene rings is 1. The summed E-state index contributed by atoms with van der Waals surface area (Å²) in [5.74, 6) is 0. The zero-order chi connectivity index (χ0) is 19.2. The second kappa shape index (κ2) is 8.29. The highest BCUT2D eigenvalue weighted by Crippen LogP contribution is 2.19. The smallest absolute Gasteiger partial charge is 0.0860 e. The first-order chi connectivity index (χ1) is 13.2. The quantitative estimate of drug-likeness (QED) is 0.296. The van der Waals surface area contributed by atoms with Gasteiger partial charge in [-0.25, -0.2) is 0 Å². The summed E-state index contributed by atoms with van der Waals surface area (Å²) in [4.78, 5) is 6.67. The Morgan fingerprint density at radius 3 is 2.89 bits per heavy atom. The molecule has 0 aliphatic heterocycles. The van der Waals surface area contributed by atoms with Gasteiger partial charge >= 0.3 is 0 Å². The molecular formula is C22H23N5. The Balaban J connectivity index is 1.89. The van der Waals surface area contributed by atoms with Crippen LogP contribution >= 0.6 is 0 Å².